The maximum atomic E-state index is 5.41. The topological polar surface area (TPSA) is 26.0 Å². The Kier molecular flexibility index (Phi) is 1.98. The Hall–Kier alpha value is -1.05. The van der Waals surface area contributed by atoms with Crippen molar-refractivity contribution in [3.8, 4) is 0 Å². The molecule has 3 rings (SSSR count). The molecular formula is C11H15NO. The van der Waals surface area contributed by atoms with Crippen LogP contribution in [0.2, 0.25) is 0 Å². The average Bonchev–Trinajstić information content (AvgIpc) is 2.77. The zero-order chi connectivity index (χ0) is 9.42. The molecule has 1 saturated carbocycles. The van der Waals surface area contributed by atoms with Gasteiger partial charge in [0.25, 0.3) is 0 Å². The van der Waals surface area contributed by atoms with Gasteiger partial charge in [-0.05, 0) is 24.3 Å². The third kappa shape index (κ3) is 1.41. The van der Waals surface area contributed by atoms with Gasteiger partial charge in [0.1, 0.15) is 5.35 Å². The molecule has 2 aliphatic rings. The van der Waals surface area contributed by atoms with Crippen molar-refractivity contribution < 1.29 is 4.42 Å². The number of fused-ring (bicyclic) bond motifs is 2. The van der Waals surface area contributed by atoms with Gasteiger partial charge >= 0.3 is 0 Å². The first-order valence-electron chi connectivity index (χ1n) is 5.00. The summed E-state index contributed by atoms with van der Waals surface area (Å²) < 4.78 is 5.41. The van der Waals surface area contributed by atoms with Crippen molar-refractivity contribution in [3.05, 3.63) is 16.7 Å². The molecular weight excluding hydrogens is 162 g/mol. The summed E-state index contributed by atoms with van der Waals surface area (Å²) in [4.78, 5) is 4.27. The van der Waals surface area contributed by atoms with Crippen molar-refractivity contribution in [2.45, 2.75) is 27.2 Å². The summed E-state index contributed by atoms with van der Waals surface area (Å²) >= 11 is 0. The van der Waals surface area contributed by atoms with Crippen molar-refractivity contribution in [1.29, 1.82) is 0 Å². The number of rotatable bonds is 0. The zero-order valence-electron chi connectivity index (χ0n) is 8.37. The smallest absolute Gasteiger partial charge is 0.192 e. The van der Waals surface area contributed by atoms with E-state index >= 15 is 0 Å². The molecule has 1 heterocycles. The molecule has 2 unspecified atom stereocenters. The minimum atomic E-state index is 0.759. The van der Waals surface area contributed by atoms with Crippen molar-refractivity contribution in [1.82, 2.24) is 4.98 Å². The SMILES string of the molecule is CC.Cc1nc2c(o1)=CC1CC1C=2. The Morgan fingerprint density at radius 3 is 2.77 bits per heavy atom. The van der Waals surface area contributed by atoms with Crippen LogP contribution in [0.4, 0.5) is 0 Å². The maximum absolute atomic E-state index is 5.41. The van der Waals surface area contributed by atoms with Crippen LogP contribution in [-0.2, 0) is 0 Å². The Labute approximate surface area is 78.0 Å². The third-order valence-electron chi connectivity index (χ3n) is 2.42. The normalized spacial score (nSPS) is 27.0. The monoisotopic (exact) mass is 177 g/mol. The first-order valence-corrected chi connectivity index (χ1v) is 5.00. The predicted molar refractivity (Wildman–Crippen MR) is 52.4 cm³/mol. The van der Waals surface area contributed by atoms with Crippen LogP contribution in [0.3, 0.4) is 0 Å². The molecule has 0 spiro atoms. The van der Waals surface area contributed by atoms with Crippen LogP contribution in [-0.4, -0.2) is 4.98 Å². The summed E-state index contributed by atoms with van der Waals surface area (Å²) in [6.07, 6.45) is 5.74. The van der Waals surface area contributed by atoms with Gasteiger partial charge in [-0.25, -0.2) is 4.98 Å². The molecule has 0 aromatic carbocycles. The number of hydrogen-bond acceptors (Lipinski definition) is 2. The number of aryl methyl sites for hydroxylation is 1. The van der Waals surface area contributed by atoms with E-state index in [0.717, 1.165) is 28.5 Å². The summed E-state index contributed by atoms with van der Waals surface area (Å²) in [6, 6.07) is 0. The van der Waals surface area contributed by atoms with Crippen molar-refractivity contribution in [2.75, 3.05) is 0 Å². The summed E-state index contributed by atoms with van der Waals surface area (Å²) in [6.45, 7) is 5.89. The van der Waals surface area contributed by atoms with E-state index < -0.39 is 0 Å². The van der Waals surface area contributed by atoms with Gasteiger partial charge in [0.2, 0.25) is 0 Å². The number of nitrogens with zero attached hydrogens (tertiary/aromatic N) is 1. The minimum absolute atomic E-state index is 0.759. The van der Waals surface area contributed by atoms with Gasteiger partial charge in [0.05, 0.1) is 0 Å². The molecule has 0 bridgehead atoms. The lowest BCUT2D eigenvalue weighted by Crippen LogP contribution is -2.24. The highest BCUT2D eigenvalue weighted by Gasteiger charge is 2.35. The molecule has 1 aromatic rings. The van der Waals surface area contributed by atoms with Gasteiger partial charge in [-0.15, -0.1) is 0 Å². The van der Waals surface area contributed by atoms with E-state index in [1.165, 1.54) is 6.42 Å². The van der Waals surface area contributed by atoms with E-state index in [1.54, 1.807) is 0 Å². The lowest BCUT2D eigenvalue weighted by atomic mass is 10.2. The molecule has 1 fully saturated rings. The summed E-state index contributed by atoms with van der Waals surface area (Å²) in [5.74, 6) is 2.31. The molecule has 2 aliphatic carbocycles. The Bertz CT molecular complexity index is 378. The Balaban J connectivity index is 0.000000308. The molecule has 0 radical (unpaired) electrons. The summed E-state index contributed by atoms with van der Waals surface area (Å²) in [5, 5.41) is 1.06. The van der Waals surface area contributed by atoms with E-state index in [9.17, 15) is 0 Å². The van der Waals surface area contributed by atoms with Gasteiger partial charge in [-0.2, -0.15) is 0 Å². The van der Waals surface area contributed by atoms with E-state index in [-0.39, 0.29) is 0 Å². The fourth-order valence-corrected chi connectivity index (χ4v) is 1.71. The predicted octanol–water partition coefficient (Wildman–Crippen LogP) is 1.22. The number of aromatic nitrogens is 1. The lowest BCUT2D eigenvalue weighted by Gasteiger charge is -1.87. The molecule has 2 heteroatoms. The van der Waals surface area contributed by atoms with Gasteiger partial charge in [-0.3, -0.25) is 0 Å². The fraction of sp³-hybridized carbons (Fsp3) is 0.545. The summed E-state index contributed by atoms with van der Waals surface area (Å²) in [7, 11) is 0. The summed E-state index contributed by atoms with van der Waals surface area (Å²) in [5.41, 5.74) is 0.987. The van der Waals surface area contributed by atoms with Gasteiger partial charge < -0.3 is 4.42 Å². The van der Waals surface area contributed by atoms with Crippen LogP contribution < -0.4 is 10.8 Å². The lowest BCUT2D eigenvalue weighted by molar-refractivity contribution is 0.489. The molecule has 0 N–H and O–H groups in total. The van der Waals surface area contributed by atoms with E-state index in [4.69, 9.17) is 4.42 Å². The quantitative estimate of drug-likeness (QED) is 0.595. The van der Waals surface area contributed by atoms with Crippen molar-refractivity contribution in [3.63, 3.8) is 0 Å². The van der Waals surface area contributed by atoms with Crippen LogP contribution in [0, 0.1) is 18.8 Å². The highest BCUT2D eigenvalue weighted by Crippen LogP contribution is 2.41. The van der Waals surface area contributed by atoms with Crippen LogP contribution in [0.25, 0.3) is 12.2 Å². The van der Waals surface area contributed by atoms with Gasteiger partial charge in [0, 0.05) is 6.92 Å². The maximum Gasteiger partial charge on any atom is 0.192 e. The molecule has 70 valence electrons. The third-order valence-corrected chi connectivity index (χ3v) is 2.42. The van der Waals surface area contributed by atoms with Crippen LogP contribution in [0.15, 0.2) is 4.42 Å². The molecule has 0 amide bonds. The van der Waals surface area contributed by atoms with Crippen LogP contribution in [0.5, 0.6) is 0 Å². The second kappa shape index (κ2) is 3.02. The second-order valence-electron chi connectivity index (χ2n) is 3.38. The molecule has 2 atom stereocenters. The van der Waals surface area contributed by atoms with E-state index in [0.29, 0.717) is 0 Å². The second-order valence-corrected chi connectivity index (χ2v) is 3.38. The number of hydrogen-bond donors (Lipinski definition) is 0. The molecule has 0 aliphatic heterocycles. The molecule has 0 saturated heterocycles. The Morgan fingerprint density at radius 2 is 2.00 bits per heavy atom. The molecule has 13 heavy (non-hydrogen) atoms. The largest absolute Gasteiger partial charge is 0.441 e. The Morgan fingerprint density at radius 1 is 1.31 bits per heavy atom. The minimum Gasteiger partial charge on any atom is -0.441 e. The van der Waals surface area contributed by atoms with E-state index in [1.807, 2.05) is 20.8 Å². The number of oxazole rings is 1. The first kappa shape index (κ1) is 8.54. The van der Waals surface area contributed by atoms with Crippen LogP contribution in [0.1, 0.15) is 26.2 Å². The highest BCUT2D eigenvalue weighted by atomic mass is 16.3. The zero-order valence-corrected chi connectivity index (χ0v) is 8.37. The highest BCUT2D eigenvalue weighted by molar-refractivity contribution is 5.45. The van der Waals surface area contributed by atoms with Crippen molar-refractivity contribution in [2.24, 2.45) is 11.8 Å². The standard InChI is InChI=1S/C9H9NO.C2H6/c1-5-10-8-3-6-2-7(6)4-9(8)11-5;1-2/h3-4,6-7H,2H2,1H3;1-2H3. The fourth-order valence-electron chi connectivity index (χ4n) is 1.71. The molecule has 2 nitrogen and oxygen atoms in total. The van der Waals surface area contributed by atoms with Crippen molar-refractivity contribution >= 4 is 12.2 Å². The van der Waals surface area contributed by atoms with E-state index in [2.05, 4.69) is 17.1 Å². The van der Waals surface area contributed by atoms with Crippen LogP contribution >= 0.6 is 0 Å². The average molecular weight is 177 g/mol. The molecule has 1 aromatic heterocycles. The van der Waals surface area contributed by atoms with Gasteiger partial charge in [0.15, 0.2) is 11.3 Å². The first-order chi connectivity index (χ1) is 6.33. The van der Waals surface area contributed by atoms with Gasteiger partial charge in [-0.1, -0.05) is 19.9 Å².